The first-order valence-corrected chi connectivity index (χ1v) is 10.3. The summed E-state index contributed by atoms with van der Waals surface area (Å²) in [4.78, 5) is 38.5. The topological polar surface area (TPSA) is 97.0 Å². The third kappa shape index (κ3) is 4.88. The van der Waals surface area contributed by atoms with Crippen LogP contribution in [0, 0.1) is 5.92 Å². The Morgan fingerprint density at radius 2 is 2.10 bits per heavy atom. The Morgan fingerprint density at radius 3 is 2.77 bits per heavy atom. The molecule has 0 radical (unpaired) electrons. The normalized spacial score (nSPS) is 23.3. The Kier molecular flexibility index (Phi) is 6.97. The fraction of sp³-hybridized carbons (Fsp3) is 0.571. The lowest BCUT2D eigenvalue weighted by Crippen LogP contribution is -2.54. The molecule has 0 aromatic heterocycles. The molecule has 4 amide bonds. The summed E-state index contributed by atoms with van der Waals surface area (Å²) in [6, 6.07) is 4.06. The van der Waals surface area contributed by atoms with Crippen molar-refractivity contribution in [1.29, 1.82) is 0 Å². The van der Waals surface area contributed by atoms with Crippen LogP contribution >= 0.6 is 0 Å². The maximum atomic E-state index is 12.9. The molecule has 1 aliphatic carbocycles. The summed E-state index contributed by atoms with van der Waals surface area (Å²) in [7, 11) is 1.35. The van der Waals surface area contributed by atoms with Crippen molar-refractivity contribution in [2.75, 3.05) is 20.2 Å². The summed E-state index contributed by atoms with van der Waals surface area (Å²) in [6.45, 7) is -1.20. The Hall–Kier alpha value is -2.91. The van der Waals surface area contributed by atoms with Gasteiger partial charge in [-0.25, -0.2) is 4.79 Å². The number of urea groups is 1. The second-order valence-corrected chi connectivity index (χ2v) is 7.90. The molecule has 1 saturated carbocycles. The van der Waals surface area contributed by atoms with Crippen LogP contribution in [0.4, 0.5) is 13.6 Å². The van der Waals surface area contributed by atoms with Gasteiger partial charge in [-0.05, 0) is 42.9 Å². The Morgan fingerprint density at radius 1 is 1.32 bits per heavy atom. The van der Waals surface area contributed by atoms with Gasteiger partial charge in [0, 0.05) is 6.54 Å². The van der Waals surface area contributed by atoms with E-state index in [1.807, 2.05) is 6.92 Å². The molecule has 31 heavy (non-hydrogen) atoms. The van der Waals surface area contributed by atoms with Gasteiger partial charge in [0.2, 0.25) is 5.91 Å². The monoisotopic (exact) mass is 439 g/mol. The van der Waals surface area contributed by atoms with Crippen LogP contribution in [0.25, 0.3) is 0 Å². The largest absolute Gasteiger partial charge is 0.493 e. The average Bonchev–Trinajstić information content (AvgIpc) is 2.95. The van der Waals surface area contributed by atoms with E-state index in [1.165, 1.54) is 19.2 Å². The summed E-state index contributed by atoms with van der Waals surface area (Å²) in [5, 5.41) is 5.47. The van der Waals surface area contributed by atoms with Crippen LogP contribution in [0.2, 0.25) is 0 Å². The summed E-state index contributed by atoms with van der Waals surface area (Å²) >= 11 is 0. The SMILES string of the molecule is COc1ccc(CCNC(=O)CN2C(=O)NC3(CCCCC3C)C2=O)cc1OC(F)F. The molecule has 2 N–H and O–H groups in total. The van der Waals surface area contributed by atoms with E-state index < -0.39 is 24.1 Å². The second-order valence-electron chi connectivity index (χ2n) is 7.90. The van der Waals surface area contributed by atoms with Crippen LogP contribution < -0.4 is 20.1 Å². The van der Waals surface area contributed by atoms with E-state index in [4.69, 9.17) is 4.74 Å². The predicted octanol–water partition coefficient (Wildman–Crippen LogP) is 2.46. The van der Waals surface area contributed by atoms with Crippen LogP contribution in [0.1, 0.15) is 38.2 Å². The minimum atomic E-state index is -2.98. The molecule has 1 aliphatic heterocycles. The smallest absolute Gasteiger partial charge is 0.387 e. The van der Waals surface area contributed by atoms with Gasteiger partial charge in [0.25, 0.3) is 5.91 Å². The van der Waals surface area contributed by atoms with Crippen molar-refractivity contribution < 1.29 is 32.6 Å². The molecule has 2 fully saturated rings. The highest BCUT2D eigenvalue weighted by Crippen LogP contribution is 2.38. The Bertz CT molecular complexity index is 850. The number of halogens is 2. The molecule has 0 bridgehead atoms. The Labute approximate surface area is 179 Å². The van der Waals surface area contributed by atoms with E-state index >= 15 is 0 Å². The molecule has 1 heterocycles. The standard InChI is InChI=1S/C21H27F2N3O5/c1-13-5-3-4-9-21(13)18(28)26(20(29)25-21)12-17(27)24-10-8-14-6-7-15(30-2)16(11-14)31-19(22)23/h6-7,11,13,19H,3-5,8-10,12H2,1-2H3,(H,24,27)(H,25,29). The third-order valence-electron chi connectivity index (χ3n) is 5.98. The number of benzene rings is 1. The van der Waals surface area contributed by atoms with Crippen molar-refractivity contribution in [2.24, 2.45) is 5.92 Å². The first-order chi connectivity index (χ1) is 14.8. The van der Waals surface area contributed by atoms with E-state index in [0.29, 0.717) is 18.4 Å². The number of carbonyl (C=O) groups is 3. The van der Waals surface area contributed by atoms with E-state index in [2.05, 4.69) is 15.4 Å². The van der Waals surface area contributed by atoms with Gasteiger partial charge in [-0.3, -0.25) is 14.5 Å². The summed E-state index contributed by atoms with van der Waals surface area (Å²) in [5.74, 6) is -0.707. The quantitative estimate of drug-likeness (QED) is 0.607. The van der Waals surface area contributed by atoms with Crippen molar-refractivity contribution in [3.05, 3.63) is 23.8 Å². The summed E-state index contributed by atoms with van der Waals surface area (Å²) < 4.78 is 34.5. The van der Waals surface area contributed by atoms with Crippen LogP contribution in [0.15, 0.2) is 18.2 Å². The van der Waals surface area contributed by atoms with Gasteiger partial charge in [0.1, 0.15) is 12.1 Å². The lowest BCUT2D eigenvalue weighted by atomic mass is 9.73. The number of imide groups is 1. The third-order valence-corrected chi connectivity index (χ3v) is 5.98. The molecule has 2 unspecified atom stereocenters. The highest BCUT2D eigenvalue weighted by Gasteiger charge is 2.55. The molecule has 2 aliphatic rings. The molecular formula is C21H27F2N3O5. The number of rotatable bonds is 8. The lowest BCUT2D eigenvalue weighted by Gasteiger charge is -2.36. The van der Waals surface area contributed by atoms with Gasteiger partial charge in [-0.1, -0.05) is 25.8 Å². The molecule has 8 nitrogen and oxygen atoms in total. The molecule has 170 valence electrons. The van der Waals surface area contributed by atoms with Crippen LogP contribution in [0.5, 0.6) is 11.5 Å². The van der Waals surface area contributed by atoms with E-state index in [1.54, 1.807) is 6.07 Å². The molecule has 3 rings (SSSR count). The second kappa shape index (κ2) is 9.49. The zero-order chi connectivity index (χ0) is 22.6. The summed E-state index contributed by atoms with van der Waals surface area (Å²) in [6.07, 6.45) is 3.65. The fourth-order valence-corrected chi connectivity index (χ4v) is 4.25. The maximum absolute atomic E-state index is 12.9. The van der Waals surface area contributed by atoms with Crippen molar-refractivity contribution in [3.63, 3.8) is 0 Å². The molecule has 1 aromatic rings. The fourth-order valence-electron chi connectivity index (χ4n) is 4.25. The molecule has 1 spiro atoms. The first kappa shape index (κ1) is 22.8. The number of nitrogens with one attached hydrogen (secondary N) is 2. The van der Waals surface area contributed by atoms with Crippen LogP contribution in [-0.2, 0) is 16.0 Å². The number of carbonyl (C=O) groups excluding carboxylic acids is 3. The van der Waals surface area contributed by atoms with Crippen LogP contribution in [-0.4, -0.2) is 55.1 Å². The number of methoxy groups -OCH3 is 1. The first-order valence-electron chi connectivity index (χ1n) is 10.3. The maximum Gasteiger partial charge on any atom is 0.387 e. The van der Waals surface area contributed by atoms with Crippen molar-refractivity contribution in [2.45, 2.75) is 51.2 Å². The predicted molar refractivity (Wildman–Crippen MR) is 107 cm³/mol. The summed E-state index contributed by atoms with van der Waals surface area (Å²) in [5.41, 5.74) is -0.249. The molecule has 1 aromatic carbocycles. The van der Waals surface area contributed by atoms with Gasteiger partial charge in [0.05, 0.1) is 7.11 Å². The highest BCUT2D eigenvalue weighted by molar-refractivity contribution is 6.09. The minimum Gasteiger partial charge on any atom is -0.493 e. The van der Waals surface area contributed by atoms with Gasteiger partial charge >= 0.3 is 12.6 Å². The number of amides is 4. The zero-order valence-electron chi connectivity index (χ0n) is 17.6. The van der Waals surface area contributed by atoms with Gasteiger partial charge in [-0.2, -0.15) is 8.78 Å². The number of hydrogen-bond donors (Lipinski definition) is 2. The van der Waals surface area contributed by atoms with Crippen molar-refractivity contribution >= 4 is 17.8 Å². The molecule has 10 heteroatoms. The van der Waals surface area contributed by atoms with Gasteiger partial charge in [-0.15, -0.1) is 0 Å². The van der Waals surface area contributed by atoms with Gasteiger partial charge < -0.3 is 20.1 Å². The zero-order valence-corrected chi connectivity index (χ0v) is 17.6. The number of ether oxygens (including phenoxy) is 2. The molecule has 1 saturated heterocycles. The minimum absolute atomic E-state index is 0.0190. The van der Waals surface area contributed by atoms with E-state index in [-0.39, 0.29) is 36.4 Å². The highest BCUT2D eigenvalue weighted by atomic mass is 19.3. The van der Waals surface area contributed by atoms with Crippen molar-refractivity contribution in [3.8, 4) is 11.5 Å². The van der Waals surface area contributed by atoms with Crippen LogP contribution in [0.3, 0.4) is 0 Å². The van der Waals surface area contributed by atoms with Crippen molar-refractivity contribution in [1.82, 2.24) is 15.5 Å². The molecule has 2 atom stereocenters. The van der Waals surface area contributed by atoms with Gasteiger partial charge in [0.15, 0.2) is 11.5 Å². The average molecular weight is 439 g/mol. The number of hydrogen-bond acceptors (Lipinski definition) is 5. The lowest BCUT2D eigenvalue weighted by molar-refractivity contribution is -0.137. The van der Waals surface area contributed by atoms with E-state index in [0.717, 1.165) is 24.2 Å². The molecular weight excluding hydrogens is 412 g/mol. The number of nitrogens with zero attached hydrogens (tertiary/aromatic N) is 1. The number of alkyl halides is 2. The van der Waals surface area contributed by atoms with E-state index in [9.17, 15) is 23.2 Å². The Balaban J connectivity index is 1.54.